The summed E-state index contributed by atoms with van der Waals surface area (Å²) >= 11 is 0. The van der Waals surface area contributed by atoms with Crippen molar-refractivity contribution in [2.24, 2.45) is 5.73 Å². The number of pyridine rings is 1. The Morgan fingerprint density at radius 1 is 1.13 bits per heavy atom. The zero-order valence-corrected chi connectivity index (χ0v) is 21.6. The molecule has 1 aromatic heterocycles. The Labute approximate surface area is 227 Å². The third kappa shape index (κ3) is 5.56. The maximum atomic E-state index is 13.2. The summed E-state index contributed by atoms with van der Waals surface area (Å²) in [6, 6.07) is 18.9. The van der Waals surface area contributed by atoms with Gasteiger partial charge in [0, 0.05) is 30.5 Å². The topological polar surface area (TPSA) is 126 Å². The summed E-state index contributed by atoms with van der Waals surface area (Å²) in [6.45, 7) is 2.68. The maximum absolute atomic E-state index is 13.2. The molecule has 5 N–H and O–H groups in total. The Kier molecular flexibility index (Phi) is 7.10. The molecule has 3 heterocycles. The molecule has 39 heavy (non-hydrogen) atoms. The van der Waals surface area contributed by atoms with Crippen LogP contribution in [0.4, 0.5) is 11.4 Å². The third-order valence-electron chi connectivity index (χ3n) is 7.27. The second-order valence-electron chi connectivity index (χ2n) is 10.0. The van der Waals surface area contributed by atoms with Gasteiger partial charge in [-0.05, 0) is 53.7 Å². The van der Waals surface area contributed by atoms with E-state index in [4.69, 9.17) is 20.6 Å². The fourth-order valence-electron chi connectivity index (χ4n) is 5.09. The van der Waals surface area contributed by atoms with E-state index in [-0.39, 0.29) is 11.8 Å². The van der Waals surface area contributed by atoms with Gasteiger partial charge < -0.3 is 19.7 Å². The van der Waals surface area contributed by atoms with Gasteiger partial charge in [0.1, 0.15) is 11.7 Å². The Hall–Kier alpha value is -4.05. The average molecular weight is 525 g/mol. The molecular weight excluding hydrogens is 492 g/mol. The minimum absolute atomic E-state index is 0.150. The third-order valence-corrected chi connectivity index (χ3v) is 7.27. The van der Waals surface area contributed by atoms with Crippen molar-refractivity contribution >= 4 is 28.8 Å². The molecular formula is C30H32N6O3. The number of para-hydroxylation sites is 1. The highest BCUT2D eigenvalue weighted by Crippen LogP contribution is 2.41. The van der Waals surface area contributed by atoms with Gasteiger partial charge in [-0.25, -0.2) is 4.98 Å². The molecule has 3 aliphatic rings. The van der Waals surface area contributed by atoms with Crippen molar-refractivity contribution in [2.75, 3.05) is 36.5 Å². The minimum atomic E-state index is -1.12. The molecule has 2 fully saturated rings. The number of rotatable bonds is 7. The summed E-state index contributed by atoms with van der Waals surface area (Å²) in [4.78, 5) is 20.0. The predicted molar refractivity (Wildman–Crippen MR) is 151 cm³/mol. The molecule has 1 saturated heterocycles. The summed E-state index contributed by atoms with van der Waals surface area (Å²) in [7, 11) is 0. The number of anilines is 2. The maximum Gasteiger partial charge on any atom is 0.245 e. The van der Waals surface area contributed by atoms with Crippen molar-refractivity contribution in [2.45, 2.75) is 31.2 Å². The van der Waals surface area contributed by atoms with Crippen LogP contribution in [0.1, 0.15) is 41.1 Å². The largest absolute Gasteiger partial charge is 0.444 e. The average Bonchev–Trinajstić information content (AvgIpc) is 3.83. The highest BCUT2D eigenvalue weighted by Gasteiger charge is 2.29. The summed E-state index contributed by atoms with van der Waals surface area (Å²) < 4.78 is 11.3. The van der Waals surface area contributed by atoms with E-state index in [0.717, 1.165) is 54.0 Å². The Morgan fingerprint density at radius 3 is 2.64 bits per heavy atom. The summed E-state index contributed by atoms with van der Waals surface area (Å²) in [6.07, 6.45) is 4.89. The predicted octanol–water partition coefficient (Wildman–Crippen LogP) is 3.42. The minimum Gasteiger partial charge on any atom is -0.444 e. The molecule has 200 valence electrons. The lowest BCUT2D eigenvalue weighted by molar-refractivity contribution is -0.117. The number of ether oxygens (including phenoxy) is 2. The van der Waals surface area contributed by atoms with Crippen molar-refractivity contribution in [1.29, 1.82) is 5.41 Å². The summed E-state index contributed by atoms with van der Waals surface area (Å²) in [5.41, 5.74) is 12.3. The van der Waals surface area contributed by atoms with Crippen LogP contribution in [0.15, 0.2) is 72.9 Å². The van der Waals surface area contributed by atoms with E-state index < -0.39 is 12.4 Å². The van der Waals surface area contributed by atoms with Gasteiger partial charge >= 0.3 is 0 Å². The molecule has 6 rings (SSSR count). The van der Waals surface area contributed by atoms with E-state index in [2.05, 4.69) is 26.6 Å². The van der Waals surface area contributed by atoms with E-state index in [9.17, 15) is 4.79 Å². The van der Waals surface area contributed by atoms with Crippen LogP contribution in [0.5, 0.6) is 0 Å². The molecule has 2 aliphatic heterocycles. The number of nitrogens with zero attached hydrogens (tertiary/aromatic N) is 2. The fourth-order valence-corrected chi connectivity index (χ4v) is 5.09. The van der Waals surface area contributed by atoms with Crippen LogP contribution < -0.4 is 21.3 Å². The van der Waals surface area contributed by atoms with Crippen molar-refractivity contribution in [3.05, 3.63) is 95.3 Å². The van der Waals surface area contributed by atoms with E-state index in [0.29, 0.717) is 24.8 Å². The lowest BCUT2D eigenvalue weighted by atomic mass is 9.96. The smallest absolute Gasteiger partial charge is 0.245 e. The van der Waals surface area contributed by atoms with Crippen LogP contribution in [0.3, 0.4) is 0 Å². The number of carbonyl (C=O) groups is 1. The van der Waals surface area contributed by atoms with Gasteiger partial charge in [0.25, 0.3) is 0 Å². The summed E-state index contributed by atoms with van der Waals surface area (Å²) in [5.74, 6) is 0.122. The molecule has 0 radical (unpaired) electrons. The quantitative estimate of drug-likeness (QED) is 0.212. The normalized spacial score (nSPS) is 19.8. The lowest BCUT2D eigenvalue weighted by Gasteiger charge is -2.30. The number of benzene rings is 2. The van der Waals surface area contributed by atoms with E-state index >= 15 is 0 Å². The van der Waals surface area contributed by atoms with E-state index in [1.54, 1.807) is 0 Å². The zero-order valence-electron chi connectivity index (χ0n) is 21.6. The van der Waals surface area contributed by atoms with Crippen LogP contribution in [0.25, 0.3) is 5.57 Å². The lowest BCUT2D eigenvalue weighted by Crippen LogP contribution is -2.50. The molecule has 1 saturated carbocycles. The molecule has 9 nitrogen and oxygen atoms in total. The van der Waals surface area contributed by atoms with Gasteiger partial charge in [-0.2, -0.15) is 0 Å². The Bertz CT molecular complexity index is 1400. The number of aromatic nitrogens is 1. The molecule has 9 heteroatoms. The van der Waals surface area contributed by atoms with Gasteiger partial charge in [-0.1, -0.05) is 48.5 Å². The zero-order chi connectivity index (χ0) is 26.8. The molecule has 2 atom stereocenters. The van der Waals surface area contributed by atoms with Gasteiger partial charge in [0.2, 0.25) is 18.2 Å². The second-order valence-corrected chi connectivity index (χ2v) is 10.0. The fraction of sp³-hybridized carbons (Fsp3) is 0.300. The Balaban J connectivity index is 1.23. The van der Waals surface area contributed by atoms with Gasteiger partial charge in [-0.15, -0.1) is 0 Å². The molecule has 2 aromatic carbocycles. The molecule has 3 aromatic rings. The van der Waals surface area contributed by atoms with Gasteiger partial charge in [0.05, 0.1) is 18.9 Å². The molecule has 2 unspecified atom stereocenters. The Morgan fingerprint density at radius 2 is 1.87 bits per heavy atom. The van der Waals surface area contributed by atoms with Crippen LogP contribution in [-0.4, -0.2) is 55.5 Å². The summed E-state index contributed by atoms with van der Waals surface area (Å²) in [5, 5.41) is 14.8. The number of carbonyl (C=O) groups excluding carboxylic acids is 1. The SMILES string of the molecule is N=C(OC(N)NC1C=C(c2ccccc2)c2ccccc2NC1=O)c1ncc(C2CC2)cc1N1CCOCC1. The van der Waals surface area contributed by atoms with Crippen molar-refractivity contribution in [3.8, 4) is 0 Å². The van der Waals surface area contributed by atoms with Crippen molar-refractivity contribution in [1.82, 2.24) is 10.3 Å². The highest BCUT2D eigenvalue weighted by atomic mass is 16.5. The first kappa shape index (κ1) is 25.2. The monoisotopic (exact) mass is 524 g/mol. The second kappa shape index (κ2) is 11.0. The first-order chi connectivity index (χ1) is 19.1. The number of hydrogen-bond donors (Lipinski definition) is 4. The van der Waals surface area contributed by atoms with Gasteiger partial charge in [-0.3, -0.25) is 21.3 Å². The van der Waals surface area contributed by atoms with Gasteiger partial charge in [0.15, 0.2) is 0 Å². The van der Waals surface area contributed by atoms with Crippen LogP contribution in [0, 0.1) is 5.41 Å². The number of hydrogen-bond acceptors (Lipinski definition) is 8. The number of nitrogens with two attached hydrogens (primary N) is 1. The molecule has 0 spiro atoms. The van der Waals surface area contributed by atoms with Crippen molar-refractivity contribution < 1.29 is 14.3 Å². The van der Waals surface area contributed by atoms with Crippen LogP contribution >= 0.6 is 0 Å². The molecule has 1 amide bonds. The highest BCUT2D eigenvalue weighted by molar-refractivity contribution is 6.04. The number of morpholine rings is 1. The van der Waals surface area contributed by atoms with Crippen LogP contribution in [0.2, 0.25) is 0 Å². The number of nitrogens with one attached hydrogen (secondary N) is 3. The standard InChI is InChI=1S/C30H32N6O3/c31-28(27-26(36-12-14-38-15-13-36)16-21(18-33-27)19-10-11-19)39-30(32)35-25-17-23(20-6-2-1-3-7-20)22-8-4-5-9-24(22)34-29(25)37/h1-9,16-19,25,30-31,35H,10-15,32H2,(H,34,37). The van der Waals surface area contributed by atoms with E-state index in [1.807, 2.05) is 66.9 Å². The number of fused-ring (bicyclic) bond motifs is 1. The van der Waals surface area contributed by atoms with Crippen molar-refractivity contribution in [3.63, 3.8) is 0 Å². The molecule has 1 aliphatic carbocycles. The molecule has 0 bridgehead atoms. The first-order valence-electron chi connectivity index (χ1n) is 13.3. The van der Waals surface area contributed by atoms with Crippen LogP contribution in [-0.2, 0) is 14.3 Å². The van der Waals surface area contributed by atoms with E-state index in [1.165, 1.54) is 5.56 Å². The number of amides is 1. The first-order valence-corrected chi connectivity index (χ1v) is 13.3.